The summed E-state index contributed by atoms with van der Waals surface area (Å²) in [5, 5.41) is 9.01. The molecule has 1 aromatic carbocycles. The zero-order chi connectivity index (χ0) is 13.3. The smallest absolute Gasteiger partial charge is 0.326 e. The molecule has 1 atom stereocenters. The van der Waals surface area contributed by atoms with E-state index in [1.165, 1.54) is 17.0 Å². The Balaban J connectivity index is 2.31. The molecule has 1 heterocycles. The van der Waals surface area contributed by atoms with Gasteiger partial charge in [0.2, 0.25) is 0 Å². The topological polar surface area (TPSA) is 57.6 Å². The first-order valence-corrected chi connectivity index (χ1v) is 6.29. The van der Waals surface area contributed by atoms with E-state index in [1.807, 2.05) is 0 Å². The number of halogens is 2. The number of hydrogen-bond donors (Lipinski definition) is 1. The maximum Gasteiger partial charge on any atom is 0.326 e. The maximum atomic E-state index is 13.8. The molecule has 1 amide bonds. The summed E-state index contributed by atoms with van der Waals surface area (Å²) in [5.74, 6) is -2.27. The quantitative estimate of drug-likeness (QED) is 0.911. The van der Waals surface area contributed by atoms with Gasteiger partial charge in [-0.15, -0.1) is 0 Å². The van der Waals surface area contributed by atoms with Crippen molar-refractivity contribution in [2.45, 2.75) is 18.9 Å². The van der Waals surface area contributed by atoms with E-state index in [1.54, 1.807) is 6.07 Å². The second-order valence-electron chi connectivity index (χ2n) is 4.10. The largest absolute Gasteiger partial charge is 0.480 e. The number of nitrogens with zero attached hydrogens (tertiary/aromatic N) is 1. The van der Waals surface area contributed by atoms with E-state index in [2.05, 4.69) is 15.9 Å². The van der Waals surface area contributed by atoms with E-state index >= 15 is 0 Å². The molecule has 1 aliphatic heterocycles. The van der Waals surface area contributed by atoms with Crippen molar-refractivity contribution in [1.82, 2.24) is 4.90 Å². The molecule has 0 spiro atoms. The molecule has 0 aromatic heterocycles. The summed E-state index contributed by atoms with van der Waals surface area (Å²) in [4.78, 5) is 24.4. The predicted molar refractivity (Wildman–Crippen MR) is 65.8 cm³/mol. The molecule has 18 heavy (non-hydrogen) atoms. The molecule has 1 aromatic rings. The van der Waals surface area contributed by atoms with Crippen molar-refractivity contribution >= 4 is 27.8 Å². The first-order valence-electron chi connectivity index (χ1n) is 5.50. The van der Waals surface area contributed by atoms with Crippen molar-refractivity contribution in [3.05, 3.63) is 34.1 Å². The van der Waals surface area contributed by atoms with Crippen LogP contribution in [0.5, 0.6) is 0 Å². The van der Waals surface area contributed by atoms with Gasteiger partial charge in [-0.05, 0) is 40.9 Å². The van der Waals surface area contributed by atoms with Crippen LogP contribution in [0.15, 0.2) is 22.7 Å². The molecular formula is C12H11BrFNO3. The minimum absolute atomic E-state index is 0.0995. The third-order valence-electron chi connectivity index (χ3n) is 2.98. The summed E-state index contributed by atoms with van der Waals surface area (Å²) in [6.45, 7) is 0.349. The van der Waals surface area contributed by atoms with E-state index in [0.717, 1.165) is 0 Å². The molecule has 0 bridgehead atoms. The van der Waals surface area contributed by atoms with Crippen molar-refractivity contribution in [3.8, 4) is 0 Å². The highest BCUT2D eigenvalue weighted by Gasteiger charge is 2.35. The van der Waals surface area contributed by atoms with Gasteiger partial charge >= 0.3 is 5.97 Å². The van der Waals surface area contributed by atoms with Crippen LogP contribution in [-0.2, 0) is 4.79 Å². The van der Waals surface area contributed by atoms with Gasteiger partial charge in [-0.25, -0.2) is 9.18 Å². The lowest BCUT2D eigenvalue weighted by Crippen LogP contribution is -2.40. The summed E-state index contributed by atoms with van der Waals surface area (Å²) < 4.78 is 14.0. The van der Waals surface area contributed by atoms with Crippen molar-refractivity contribution < 1.29 is 19.1 Å². The number of likely N-dealkylation sites (tertiary alicyclic amines) is 1. The third-order valence-corrected chi connectivity index (χ3v) is 3.59. The normalized spacial score (nSPS) is 19.0. The predicted octanol–water partition coefficient (Wildman–Crippen LogP) is 2.28. The van der Waals surface area contributed by atoms with Crippen LogP contribution in [0.2, 0.25) is 0 Å². The van der Waals surface area contributed by atoms with Crippen LogP contribution >= 0.6 is 15.9 Å². The van der Waals surface area contributed by atoms with Gasteiger partial charge in [0.05, 0.1) is 10.0 Å². The highest BCUT2D eigenvalue weighted by Crippen LogP contribution is 2.24. The molecule has 4 nitrogen and oxygen atoms in total. The molecule has 1 N–H and O–H groups in total. The number of carboxylic acids is 1. The summed E-state index contributed by atoms with van der Waals surface area (Å²) >= 11 is 3.00. The van der Waals surface area contributed by atoms with Crippen LogP contribution in [0.1, 0.15) is 23.2 Å². The Hall–Kier alpha value is -1.43. The molecule has 0 aliphatic carbocycles. The Kier molecular flexibility index (Phi) is 3.65. The first kappa shape index (κ1) is 13.0. The van der Waals surface area contributed by atoms with Gasteiger partial charge in [-0.3, -0.25) is 4.79 Å². The molecule has 0 saturated carbocycles. The summed E-state index contributed by atoms with van der Waals surface area (Å²) in [6.07, 6.45) is 1.04. The number of amides is 1. The van der Waals surface area contributed by atoms with Crippen LogP contribution < -0.4 is 0 Å². The van der Waals surface area contributed by atoms with Crippen LogP contribution in [0.3, 0.4) is 0 Å². The summed E-state index contributed by atoms with van der Waals surface area (Å²) in [7, 11) is 0. The van der Waals surface area contributed by atoms with E-state index in [9.17, 15) is 14.0 Å². The second kappa shape index (κ2) is 5.06. The Morgan fingerprint density at radius 3 is 2.83 bits per heavy atom. The van der Waals surface area contributed by atoms with Crippen LogP contribution in [0, 0.1) is 5.82 Å². The number of carbonyl (C=O) groups excluding carboxylic acids is 1. The average Bonchev–Trinajstić information content (AvgIpc) is 2.81. The fourth-order valence-corrected chi connectivity index (χ4v) is 2.46. The monoisotopic (exact) mass is 315 g/mol. The standard InChI is InChI=1S/C12H11BrFNO3/c13-8-4-1-3-7(10(8)14)11(16)15-6-2-5-9(15)12(17)18/h1,3-4,9H,2,5-6H2,(H,17,18)/t9-/m1/s1. The number of carboxylic acid groups (broad SMARTS) is 1. The van der Waals surface area contributed by atoms with Crippen LogP contribution in [0.4, 0.5) is 4.39 Å². The lowest BCUT2D eigenvalue weighted by atomic mass is 10.1. The number of benzene rings is 1. The van der Waals surface area contributed by atoms with E-state index in [0.29, 0.717) is 19.4 Å². The number of hydrogen-bond acceptors (Lipinski definition) is 2. The molecule has 1 saturated heterocycles. The maximum absolute atomic E-state index is 13.8. The van der Waals surface area contributed by atoms with Crippen LogP contribution in [0.25, 0.3) is 0 Å². The zero-order valence-electron chi connectivity index (χ0n) is 9.40. The molecule has 96 valence electrons. The van der Waals surface area contributed by atoms with Crippen molar-refractivity contribution in [2.24, 2.45) is 0 Å². The number of aliphatic carboxylic acids is 1. The molecule has 1 aliphatic rings. The lowest BCUT2D eigenvalue weighted by molar-refractivity contribution is -0.141. The highest BCUT2D eigenvalue weighted by molar-refractivity contribution is 9.10. The number of rotatable bonds is 2. The van der Waals surface area contributed by atoms with Gasteiger partial charge in [0.25, 0.3) is 5.91 Å². The van der Waals surface area contributed by atoms with Crippen molar-refractivity contribution in [1.29, 1.82) is 0 Å². The van der Waals surface area contributed by atoms with E-state index < -0.39 is 23.7 Å². The Morgan fingerprint density at radius 2 is 2.17 bits per heavy atom. The molecule has 0 radical (unpaired) electrons. The molecule has 2 rings (SSSR count). The Morgan fingerprint density at radius 1 is 1.44 bits per heavy atom. The van der Waals surface area contributed by atoms with E-state index in [4.69, 9.17) is 5.11 Å². The fourth-order valence-electron chi connectivity index (χ4n) is 2.09. The van der Waals surface area contributed by atoms with E-state index in [-0.39, 0.29) is 10.0 Å². The number of carbonyl (C=O) groups is 2. The van der Waals surface area contributed by atoms with Gasteiger partial charge in [0.1, 0.15) is 11.9 Å². The summed E-state index contributed by atoms with van der Waals surface area (Å²) in [6, 6.07) is 3.55. The van der Waals surface area contributed by atoms with Crippen LogP contribution in [-0.4, -0.2) is 34.5 Å². The highest BCUT2D eigenvalue weighted by atomic mass is 79.9. The fraction of sp³-hybridized carbons (Fsp3) is 0.333. The first-order chi connectivity index (χ1) is 8.52. The molecule has 6 heteroatoms. The van der Waals surface area contributed by atoms with Gasteiger partial charge in [0.15, 0.2) is 0 Å². The van der Waals surface area contributed by atoms with Gasteiger partial charge in [0, 0.05) is 6.54 Å². The summed E-state index contributed by atoms with van der Waals surface area (Å²) in [5.41, 5.74) is -0.0995. The zero-order valence-corrected chi connectivity index (χ0v) is 11.0. The SMILES string of the molecule is O=C(O)[C@H]1CCCN1C(=O)c1cccc(Br)c1F. The van der Waals surface area contributed by atoms with Gasteiger partial charge < -0.3 is 10.0 Å². The Labute approximate surface area is 112 Å². The second-order valence-corrected chi connectivity index (χ2v) is 4.95. The van der Waals surface area contributed by atoms with Crippen molar-refractivity contribution in [3.63, 3.8) is 0 Å². The minimum Gasteiger partial charge on any atom is -0.480 e. The molecule has 0 unspecified atom stereocenters. The lowest BCUT2D eigenvalue weighted by Gasteiger charge is -2.21. The van der Waals surface area contributed by atoms with Gasteiger partial charge in [-0.1, -0.05) is 6.07 Å². The minimum atomic E-state index is -1.05. The third kappa shape index (κ3) is 2.25. The average molecular weight is 316 g/mol. The molecule has 1 fully saturated rings. The van der Waals surface area contributed by atoms with Gasteiger partial charge in [-0.2, -0.15) is 0 Å². The van der Waals surface area contributed by atoms with Crippen molar-refractivity contribution in [2.75, 3.05) is 6.54 Å². The Bertz CT molecular complexity index is 506. The molecular weight excluding hydrogens is 305 g/mol.